The summed E-state index contributed by atoms with van der Waals surface area (Å²) in [5.74, 6) is 0.535. The maximum Gasteiger partial charge on any atom is 0.0461 e. The van der Waals surface area contributed by atoms with Gasteiger partial charge in [-0.2, -0.15) is 0 Å². The molecule has 4 heteroatoms. The van der Waals surface area contributed by atoms with Crippen LogP contribution in [0.15, 0.2) is 36.7 Å². The van der Waals surface area contributed by atoms with E-state index >= 15 is 0 Å². The van der Waals surface area contributed by atoms with E-state index in [-0.39, 0.29) is 0 Å². The Hall–Kier alpha value is -1.78. The zero-order chi connectivity index (χ0) is 25.9. The molecular weight excluding hydrogens is 428 g/mol. The predicted octanol–water partition coefficient (Wildman–Crippen LogP) is 7.66. The summed E-state index contributed by atoms with van der Waals surface area (Å²) < 4.78 is 0. The Morgan fingerprint density at radius 3 is 1.91 bits per heavy atom. The normalized spacial score (nSPS) is 16.2. The van der Waals surface area contributed by atoms with E-state index in [0.29, 0.717) is 5.92 Å². The van der Waals surface area contributed by atoms with Gasteiger partial charge in [0.25, 0.3) is 0 Å². The lowest BCUT2D eigenvalue weighted by atomic mass is 10.0. The van der Waals surface area contributed by atoms with Gasteiger partial charge in [-0.1, -0.05) is 66.5 Å². The summed E-state index contributed by atoms with van der Waals surface area (Å²) in [5, 5.41) is 0. The van der Waals surface area contributed by atoms with Gasteiger partial charge in [-0.25, -0.2) is 0 Å². The van der Waals surface area contributed by atoms with Gasteiger partial charge in [0.2, 0.25) is 0 Å². The summed E-state index contributed by atoms with van der Waals surface area (Å²) in [4.78, 5) is 14.0. The van der Waals surface area contributed by atoms with E-state index in [9.17, 15) is 0 Å². The van der Waals surface area contributed by atoms with Crippen LogP contribution >= 0.6 is 0 Å². The first-order chi connectivity index (χ1) is 17.1. The van der Waals surface area contributed by atoms with Crippen molar-refractivity contribution in [2.24, 2.45) is 0 Å². The largest absolute Gasteiger partial charge is 0.303 e. The molecule has 2 aliphatic rings. The molecule has 0 aromatic carbocycles. The lowest BCUT2D eigenvalue weighted by Gasteiger charge is -2.26. The maximum atomic E-state index is 4.52. The lowest BCUT2D eigenvalue weighted by Crippen LogP contribution is -2.31. The van der Waals surface area contributed by atoms with Crippen LogP contribution in [0.2, 0.25) is 0 Å². The number of rotatable bonds is 6. The minimum atomic E-state index is 0.535. The molecule has 0 bridgehead atoms. The Balaban J connectivity index is 0.000000311. The second-order valence-corrected chi connectivity index (χ2v) is 9.50. The Kier molecular flexibility index (Phi) is 17.3. The molecule has 4 rings (SSSR count). The standard InChI is InChI=1S/C15H24N2.C12H18N2.2C2H6/c1-13(2)15-14(7-6-9-16-15)8-12-17-10-4-3-5-11-17;1-11-5-6-12(9-13-11)10-14-7-3-2-4-8-14;2*1-2/h6-7,9,13H,3-5,8,10-12H2,1-2H3;5-6,9H,2-4,7-8,10H2,1H3;2*1-2H3. The van der Waals surface area contributed by atoms with Crippen LogP contribution in [0.1, 0.15) is 109 Å². The topological polar surface area (TPSA) is 32.3 Å². The number of hydrogen-bond acceptors (Lipinski definition) is 4. The zero-order valence-corrected chi connectivity index (χ0v) is 24.0. The van der Waals surface area contributed by atoms with E-state index in [1.807, 2.05) is 47.0 Å². The summed E-state index contributed by atoms with van der Waals surface area (Å²) in [6, 6.07) is 8.60. The van der Waals surface area contributed by atoms with E-state index in [1.165, 1.54) is 88.1 Å². The molecule has 0 aliphatic carbocycles. The third kappa shape index (κ3) is 12.7. The number of piperidine rings is 2. The van der Waals surface area contributed by atoms with Gasteiger partial charge < -0.3 is 4.90 Å². The van der Waals surface area contributed by atoms with Gasteiger partial charge >= 0.3 is 0 Å². The average Bonchev–Trinajstić information content (AvgIpc) is 2.93. The molecule has 4 heterocycles. The maximum absolute atomic E-state index is 4.52. The van der Waals surface area contributed by atoms with Gasteiger partial charge in [0.15, 0.2) is 0 Å². The number of likely N-dealkylation sites (tertiary alicyclic amines) is 2. The number of pyridine rings is 2. The van der Waals surface area contributed by atoms with Crippen molar-refractivity contribution < 1.29 is 0 Å². The van der Waals surface area contributed by atoms with Crippen molar-refractivity contribution in [2.75, 3.05) is 32.7 Å². The Labute approximate surface area is 217 Å². The minimum Gasteiger partial charge on any atom is -0.303 e. The molecule has 2 aromatic heterocycles. The van der Waals surface area contributed by atoms with Crippen LogP contribution in [-0.2, 0) is 13.0 Å². The molecule has 35 heavy (non-hydrogen) atoms. The van der Waals surface area contributed by atoms with Crippen molar-refractivity contribution in [3.8, 4) is 0 Å². The highest BCUT2D eigenvalue weighted by atomic mass is 15.1. The fraction of sp³-hybridized carbons (Fsp3) is 0.677. The predicted molar refractivity (Wildman–Crippen MR) is 153 cm³/mol. The first-order valence-electron chi connectivity index (χ1n) is 14.4. The highest BCUT2D eigenvalue weighted by Crippen LogP contribution is 2.18. The van der Waals surface area contributed by atoms with Crippen molar-refractivity contribution in [3.05, 3.63) is 59.2 Å². The fourth-order valence-electron chi connectivity index (χ4n) is 4.61. The third-order valence-corrected chi connectivity index (χ3v) is 6.45. The van der Waals surface area contributed by atoms with Gasteiger partial charge in [0.05, 0.1) is 0 Å². The number of aromatic nitrogens is 2. The van der Waals surface area contributed by atoms with Gasteiger partial charge in [-0.15, -0.1) is 0 Å². The molecule has 0 unspecified atom stereocenters. The quantitative estimate of drug-likeness (QED) is 0.423. The van der Waals surface area contributed by atoms with Gasteiger partial charge in [0.1, 0.15) is 0 Å². The monoisotopic (exact) mass is 482 g/mol. The number of hydrogen-bond donors (Lipinski definition) is 0. The van der Waals surface area contributed by atoms with E-state index in [4.69, 9.17) is 0 Å². The van der Waals surface area contributed by atoms with Crippen LogP contribution in [0.25, 0.3) is 0 Å². The van der Waals surface area contributed by atoms with Crippen LogP contribution in [0.5, 0.6) is 0 Å². The highest BCUT2D eigenvalue weighted by molar-refractivity contribution is 5.22. The molecule has 0 radical (unpaired) electrons. The summed E-state index contributed by atoms with van der Waals surface area (Å²) in [5.41, 5.74) is 5.17. The van der Waals surface area contributed by atoms with Crippen molar-refractivity contribution in [3.63, 3.8) is 0 Å². The van der Waals surface area contributed by atoms with Crippen LogP contribution in [0.3, 0.4) is 0 Å². The Morgan fingerprint density at radius 1 is 0.771 bits per heavy atom. The van der Waals surface area contributed by atoms with Gasteiger partial charge in [0, 0.05) is 36.9 Å². The summed E-state index contributed by atoms with van der Waals surface area (Å²) in [6.45, 7) is 21.9. The second kappa shape index (κ2) is 19.4. The van der Waals surface area contributed by atoms with Crippen LogP contribution in [0, 0.1) is 6.92 Å². The van der Waals surface area contributed by atoms with Gasteiger partial charge in [-0.3, -0.25) is 14.9 Å². The number of nitrogens with zero attached hydrogens (tertiary/aromatic N) is 4. The zero-order valence-electron chi connectivity index (χ0n) is 24.0. The third-order valence-electron chi connectivity index (χ3n) is 6.45. The minimum absolute atomic E-state index is 0.535. The van der Waals surface area contributed by atoms with E-state index in [2.05, 4.69) is 57.9 Å². The second-order valence-electron chi connectivity index (χ2n) is 9.50. The van der Waals surface area contributed by atoms with Crippen molar-refractivity contribution in [1.82, 2.24) is 19.8 Å². The fourth-order valence-corrected chi connectivity index (χ4v) is 4.61. The molecule has 0 saturated carbocycles. The first kappa shape index (κ1) is 31.3. The molecule has 2 saturated heterocycles. The molecule has 0 spiro atoms. The van der Waals surface area contributed by atoms with Crippen LogP contribution in [0.4, 0.5) is 0 Å². The van der Waals surface area contributed by atoms with Crippen LogP contribution < -0.4 is 0 Å². The van der Waals surface area contributed by atoms with Crippen LogP contribution in [-0.4, -0.2) is 52.5 Å². The van der Waals surface area contributed by atoms with E-state index in [0.717, 1.165) is 18.7 Å². The van der Waals surface area contributed by atoms with E-state index in [1.54, 1.807) is 0 Å². The molecule has 0 amide bonds. The molecule has 2 aromatic rings. The smallest absolute Gasteiger partial charge is 0.0461 e. The first-order valence-corrected chi connectivity index (χ1v) is 14.4. The SMILES string of the molecule is CC.CC.CC(C)c1ncccc1CCN1CCCCC1.Cc1ccc(CN2CCCCC2)cn1. The molecule has 4 nitrogen and oxygen atoms in total. The lowest BCUT2D eigenvalue weighted by molar-refractivity contribution is 0.220. The molecule has 2 aliphatic heterocycles. The molecule has 0 atom stereocenters. The highest BCUT2D eigenvalue weighted by Gasteiger charge is 2.12. The molecule has 2 fully saturated rings. The summed E-state index contributed by atoms with van der Waals surface area (Å²) in [7, 11) is 0. The van der Waals surface area contributed by atoms with Crippen molar-refractivity contribution >= 4 is 0 Å². The van der Waals surface area contributed by atoms with Gasteiger partial charge in [-0.05, 0) is 94.4 Å². The molecular formula is C31H54N4. The van der Waals surface area contributed by atoms with Crippen molar-refractivity contribution in [1.29, 1.82) is 0 Å². The Morgan fingerprint density at radius 2 is 1.37 bits per heavy atom. The summed E-state index contributed by atoms with van der Waals surface area (Å²) in [6.07, 6.45) is 13.4. The average molecular weight is 483 g/mol. The van der Waals surface area contributed by atoms with Crippen molar-refractivity contribution in [2.45, 2.75) is 106 Å². The molecule has 198 valence electrons. The van der Waals surface area contributed by atoms with E-state index < -0.39 is 0 Å². The molecule has 0 N–H and O–H groups in total. The number of aryl methyl sites for hydroxylation is 1. The Bertz CT molecular complexity index is 745. The summed E-state index contributed by atoms with van der Waals surface area (Å²) >= 11 is 0.